The van der Waals surface area contributed by atoms with Crippen molar-refractivity contribution >= 4 is 10.9 Å². The molecule has 2 heterocycles. The van der Waals surface area contributed by atoms with Crippen LogP contribution in [0.2, 0.25) is 0 Å². The van der Waals surface area contributed by atoms with Gasteiger partial charge in [0.15, 0.2) is 0 Å². The van der Waals surface area contributed by atoms with E-state index in [9.17, 15) is 0 Å². The molecule has 112 valence electrons. The molecule has 0 aliphatic carbocycles. The van der Waals surface area contributed by atoms with Crippen LogP contribution in [0.3, 0.4) is 0 Å². The molecule has 0 radical (unpaired) electrons. The Morgan fingerprint density at radius 2 is 1.90 bits per heavy atom. The Morgan fingerprint density at radius 3 is 2.76 bits per heavy atom. The number of piperazine rings is 1. The Bertz CT molecular complexity index is 571. The average molecular weight is 284 g/mol. The van der Waals surface area contributed by atoms with Gasteiger partial charge in [-0.25, -0.2) is 0 Å². The minimum absolute atomic E-state index is 0.913. The first kappa shape index (κ1) is 14.4. The Kier molecular flexibility index (Phi) is 4.80. The maximum Gasteiger partial charge on any atom is 0.0705 e. The van der Waals surface area contributed by atoms with Crippen molar-refractivity contribution < 1.29 is 0 Å². The van der Waals surface area contributed by atoms with E-state index in [1.165, 1.54) is 37.1 Å². The lowest BCUT2D eigenvalue weighted by atomic mass is 10.1. The molecular formula is C17H24N4. The van der Waals surface area contributed by atoms with E-state index in [4.69, 9.17) is 0 Å². The molecule has 1 aromatic carbocycles. The average Bonchev–Trinajstić information content (AvgIpc) is 2.53. The predicted octanol–water partition coefficient (Wildman–Crippen LogP) is 1.57. The molecule has 3 rings (SSSR count). The minimum atomic E-state index is 0.913. The molecule has 4 nitrogen and oxygen atoms in total. The molecule has 1 saturated heterocycles. The summed E-state index contributed by atoms with van der Waals surface area (Å²) in [5.74, 6) is 0. The molecule has 0 unspecified atom stereocenters. The summed E-state index contributed by atoms with van der Waals surface area (Å²) < 4.78 is 0. The molecule has 1 aromatic heterocycles. The van der Waals surface area contributed by atoms with Gasteiger partial charge in [0.05, 0.1) is 5.52 Å². The van der Waals surface area contributed by atoms with Gasteiger partial charge in [-0.15, -0.1) is 0 Å². The first-order valence-corrected chi connectivity index (χ1v) is 7.77. The fourth-order valence-electron chi connectivity index (χ4n) is 2.84. The molecule has 21 heavy (non-hydrogen) atoms. The largest absolute Gasteiger partial charge is 0.311 e. The molecule has 4 heteroatoms. The number of pyridine rings is 1. The first-order chi connectivity index (χ1) is 10.3. The first-order valence-electron chi connectivity index (χ1n) is 7.77. The summed E-state index contributed by atoms with van der Waals surface area (Å²) in [5, 5.41) is 4.83. The maximum atomic E-state index is 4.41. The Labute approximate surface area is 126 Å². The SMILES string of the molecule is CN1CCN(CCNCc2ccnc3ccccc23)CC1. The van der Waals surface area contributed by atoms with Crippen LogP contribution in [-0.4, -0.2) is 61.1 Å². The fraction of sp³-hybridized carbons (Fsp3) is 0.471. The van der Waals surface area contributed by atoms with Gasteiger partial charge in [0.25, 0.3) is 0 Å². The van der Waals surface area contributed by atoms with Gasteiger partial charge in [0, 0.05) is 57.4 Å². The Balaban J connectivity index is 1.48. The monoisotopic (exact) mass is 284 g/mol. The molecule has 1 fully saturated rings. The van der Waals surface area contributed by atoms with E-state index in [-0.39, 0.29) is 0 Å². The predicted molar refractivity (Wildman–Crippen MR) is 87.4 cm³/mol. The normalized spacial score (nSPS) is 17.4. The van der Waals surface area contributed by atoms with Crippen LogP contribution < -0.4 is 5.32 Å². The van der Waals surface area contributed by atoms with Gasteiger partial charge in [-0.2, -0.15) is 0 Å². The number of aromatic nitrogens is 1. The van der Waals surface area contributed by atoms with E-state index in [1.807, 2.05) is 12.3 Å². The van der Waals surface area contributed by atoms with Crippen LogP contribution in [0.1, 0.15) is 5.56 Å². The third kappa shape index (κ3) is 3.79. The number of likely N-dealkylation sites (N-methyl/N-ethyl adjacent to an activating group) is 1. The molecule has 0 atom stereocenters. The number of para-hydroxylation sites is 1. The Morgan fingerprint density at radius 1 is 1.10 bits per heavy atom. The molecule has 1 aliphatic rings. The van der Waals surface area contributed by atoms with Crippen molar-refractivity contribution in [2.24, 2.45) is 0 Å². The van der Waals surface area contributed by atoms with Crippen LogP contribution >= 0.6 is 0 Å². The van der Waals surface area contributed by atoms with E-state index in [2.05, 4.69) is 51.4 Å². The summed E-state index contributed by atoms with van der Waals surface area (Å²) in [4.78, 5) is 9.35. The molecule has 0 amide bonds. The summed E-state index contributed by atoms with van der Waals surface area (Å²) in [6.45, 7) is 7.85. The van der Waals surface area contributed by atoms with E-state index in [0.29, 0.717) is 0 Å². The summed E-state index contributed by atoms with van der Waals surface area (Å²) in [6.07, 6.45) is 1.90. The molecule has 1 N–H and O–H groups in total. The van der Waals surface area contributed by atoms with Gasteiger partial charge < -0.3 is 10.2 Å². The fourth-order valence-corrected chi connectivity index (χ4v) is 2.84. The lowest BCUT2D eigenvalue weighted by Gasteiger charge is -2.32. The molecular weight excluding hydrogens is 260 g/mol. The number of fused-ring (bicyclic) bond motifs is 1. The van der Waals surface area contributed by atoms with E-state index in [0.717, 1.165) is 25.2 Å². The van der Waals surface area contributed by atoms with Crippen LogP contribution in [0.15, 0.2) is 36.5 Å². The van der Waals surface area contributed by atoms with Crippen molar-refractivity contribution in [2.45, 2.75) is 6.54 Å². The van der Waals surface area contributed by atoms with Crippen LogP contribution in [0.4, 0.5) is 0 Å². The van der Waals surface area contributed by atoms with E-state index in [1.54, 1.807) is 0 Å². The number of rotatable bonds is 5. The number of benzene rings is 1. The maximum absolute atomic E-state index is 4.41. The molecule has 0 spiro atoms. The number of hydrogen-bond donors (Lipinski definition) is 1. The van der Waals surface area contributed by atoms with Crippen molar-refractivity contribution in [2.75, 3.05) is 46.3 Å². The quantitative estimate of drug-likeness (QED) is 0.845. The van der Waals surface area contributed by atoms with Gasteiger partial charge in [0.1, 0.15) is 0 Å². The lowest BCUT2D eigenvalue weighted by molar-refractivity contribution is 0.154. The summed E-state index contributed by atoms with van der Waals surface area (Å²) in [5.41, 5.74) is 2.41. The van der Waals surface area contributed by atoms with Gasteiger partial charge in [-0.3, -0.25) is 9.88 Å². The van der Waals surface area contributed by atoms with Crippen molar-refractivity contribution in [3.63, 3.8) is 0 Å². The van der Waals surface area contributed by atoms with Crippen molar-refractivity contribution in [1.29, 1.82) is 0 Å². The van der Waals surface area contributed by atoms with Crippen molar-refractivity contribution in [3.8, 4) is 0 Å². The standard InChI is InChI=1S/C17H24N4/c1-20-10-12-21(13-11-20)9-8-18-14-15-6-7-19-17-5-3-2-4-16(15)17/h2-7,18H,8-14H2,1H3. The molecule has 2 aromatic rings. The van der Waals surface area contributed by atoms with Crippen LogP contribution in [0, 0.1) is 0 Å². The zero-order valence-electron chi connectivity index (χ0n) is 12.8. The lowest BCUT2D eigenvalue weighted by Crippen LogP contribution is -2.46. The number of hydrogen-bond acceptors (Lipinski definition) is 4. The summed E-state index contributed by atoms with van der Waals surface area (Å²) >= 11 is 0. The van der Waals surface area contributed by atoms with Crippen molar-refractivity contribution in [3.05, 3.63) is 42.1 Å². The number of nitrogens with zero attached hydrogens (tertiary/aromatic N) is 3. The van der Waals surface area contributed by atoms with E-state index < -0.39 is 0 Å². The third-order valence-corrected chi connectivity index (χ3v) is 4.26. The van der Waals surface area contributed by atoms with Gasteiger partial charge in [0.2, 0.25) is 0 Å². The summed E-state index contributed by atoms with van der Waals surface area (Å²) in [7, 11) is 2.20. The second kappa shape index (κ2) is 6.98. The Hall–Kier alpha value is -1.49. The molecule has 1 aliphatic heterocycles. The second-order valence-corrected chi connectivity index (χ2v) is 5.81. The summed E-state index contributed by atoms with van der Waals surface area (Å²) in [6, 6.07) is 10.5. The second-order valence-electron chi connectivity index (χ2n) is 5.81. The minimum Gasteiger partial charge on any atom is -0.311 e. The van der Waals surface area contributed by atoms with Crippen LogP contribution in [0.25, 0.3) is 10.9 Å². The van der Waals surface area contributed by atoms with E-state index >= 15 is 0 Å². The zero-order chi connectivity index (χ0) is 14.5. The van der Waals surface area contributed by atoms with Crippen LogP contribution in [-0.2, 0) is 6.54 Å². The highest BCUT2D eigenvalue weighted by atomic mass is 15.2. The topological polar surface area (TPSA) is 31.4 Å². The van der Waals surface area contributed by atoms with Crippen molar-refractivity contribution in [1.82, 2.24) is 20.1 Å². The van der Waals surface area contributed by atoms with Gasteiger partial charge in [-0.1, -0.05) is 18.2 Å². The van der Waals surface area contributed by atoms with Gasteiger partial charge >= 0.3 is 0 Å². The smallest absolute Gasteiger partial charge is 0.0705 e. The highest BCUT2D eigenvalue weighted by Gasteiger charge is 2.12. The zero-order valence-corrected chi connectivity index (χ0v) is 12.8. The highest BCUT2D eigenvalue weighted by molar-refractivity contribution is 5.81. The highest BCUT2D eigenvalue weighted by Crippen LogP contribution is 2.15. The molecule has 0 saturated carbocycles. The number of nitrogens with one attached hydrogen (secondary N) is 1. The third-order valence-electron chi connectivity index (χ3n) is 4.26. The van der Waals surface area contributed by atoms with Crippen LogP contribution in [0.5, 0.6) is 0 Å². The van der Waals surface area contributed by atoms with Gasteiger partial charge in [-0.05, 0) is 24.7 Å². The molecule has 0 bridgehead atoms.